The molecule has 1 fully saturated rings. The average Bonchev–Trinajstić information content (AvgIpc) is 2.67. The highest BCUT2D eigenvalue weighted by atomic mass is 35.5. The Hall–Kier alpha value is -2.24. The first-order valence-corrected chi connectivity index (χ1v) is 9.30. The van der Waals surface area contributed by atoms with Gasteiger partial charge >= 0.3 is 0 Å². The van der Waals surface area contributed by atoms with Crippen LogP contribution in [-0.2, 0) is 0 Å². The van der Waals surface area contributed by atoms with Crippen molar-refractivity contribution in [3.05, 3.63) is 59.1 Å². The number of halogens is 1. The summed E-state index contributed by atoms with van der Waals surface area (Å²) in [5.41, 5.74) is 7.78. The van der Waals surface area contributed by atoms with Crippen molar-refractivity contribution in [3.8, 4) is 0 Å². The lowest BCUT2D eigenvalue weighted by molar-refractivity contribution is 0.100. The van der Waals surface area contributed by atoms with E-state index in [1.165, 1.54) is 5.69 Å². The molecule has 1 atom stereocenters. The normalized spacial score (nSPS) is 16.3. The van der Waals surface area contributed by atoms with Gasteiger partial charge in [0.05, 0.1) is 16.3 Å². The van der Waals surface area contributed by atoms with Gasteiger partial charge in [0.1, 0.15) is 0 Å². The lowest BCUT2D eigenvalue weighted by Crippen LogP contribution is -2.51. The molecular weight excluding hydrogens is 348 g/mol. The molecule has 1 saturated heterocycles. The van der Waals surface area contributed by atoms with Crippen molar-refractivity contribution in [2.75, 3.05) is 42.9 Å². The smallest absolute Gasteiger partial charge is 0.250 e. The van der Waals surface area contributed by atoms with Crippen LogP contribution >= 0.6 is 11.6 Å². The molecule has 1 unspecified atom stereocenters. The van der Waals surface area contributed by atoms with Crippen LogP contribution in [0.25, 0.3) is 0 Å². The van der Waals surface area contributed by atoms with E-state index in [0.717, 1.165) is 26.2 Å². The molecule has 0 aliphatic carbocycles. The Morgan fingerprint density at radius 1 is 1.12 bits per heavy atom. The number of anilines is 2. The van der Waals surface area contributed by atoms with E-state index in [1.807, 2.05) is 6.07 Å². The Bertz CT molecular complexity index is 745. The van der Waals surface area contributed by atoms with Gasteiger partial charge in [0.2, 0.25) is 0 Å². The molecule has 0 aromatic heterocycles. The molecule has 26 heavy (non-hydrogen) atoms. The maximum absolute atomic E-state index is 11.6. The Labute approximate surface area is 159 Å². The second kappa shape index (κ2) is 8.43. The van der Waals surface area contributed by atoms with E-state index in [9.17, 15) is 4.79 Å². The van der Waals surface area contributed by atoms with E-state index >= 15 is 0 Å². The van der Waals surface area contributed by atoms with Crippen LogP contribution in [0, 0.1) is 0 Å². The summed E-state index contributed by atoms with van der Waals surface area (Å²) >= 11 is 6.24. The average molecular weight is 373 g/mol. The van der Waals surface area contributed by atoms with Gasteiger partial charge in [-0.15, -0.1) is 0 Å². The third-order valence-corrected chi connectivity index (χ3v) is 5.23. The van der Waals surface area contributed by atoms with Crippen LogP contribution in [0.4, 0.5) is 11.4 Å². The van der Waals surface area contributed by atoms with Crippen molar-refractivity contribution in [2.45, 2.75) is 13.0 Å². The zero-order valence-corrected chi connectivity index (χ0v) is 15.7. The molecule has 6 heteroatoms. The number of nitrogens with zero attached hydrogens (tertiary/aromatic N) is 2. The summed E-state index contributed by atoms with van der Waals surface area (Å²) in [6.07, 6.45) is 0. The predicted molar refractivity (Wildman–Crippen MR) is 108 cm³/mol. The molecule has 0 spiro atoms. The second-order valence-corrected chi connectivity index (χ2v) is 7.02. The maximum atomic E-state index is 11.6. The molecule has 0 radical (unpaired) electrons. The molecule has 2 aromatic rings. The Morgan fingerprint density at radius 3 is 2.46 bits per heavy atom. The number of nitrogens with one attached hydrogen (secondary N) is 1. The number of primary amides is 1. The van der Waals surface area contributed by atoms with Crippen LogP contribution in [0.5, 0.6) is 0 Å². The molecule has 1 aliphatic rings. The lowest BCUT2D eigenvalue weighted by atomic mass is 10.1. The fourth-order valence-corrected chi connectivity index (χ4v) is 3.59. The van der Waals surface area contributed by atoms with Gasteiger partial charge in [-0.05, 0) is 31.2 Å². The van der Waals surface area contributed by atoms with Crippen molar-refractivity contribution >= 4 is 28.9 Å². The standard InChI is InChI=1S/C20H25ClN4O/c1-15(14-23-19-17(20(22)26)8-5-9-18(19)21)24-10-12-25(13-11-24)16-6-3-2-4-7-16/h2-9,15,23H,10-14H2,1H3,(H2,22,26). The van der Waals surface area contributed by atoms with Crippen LogP contribution in [0.2, 0.25) is 5.02 Å². The first-order valence-electron chi connectivity index (χ1n) is 8.92. The molecule has 1 heterocycles. The van der Waals surface area contributed by atoms with Crippen molar-refractivity contribution < 1.29 is 4.79 Å². The monoisotopic (exact) mass is 372 g/mol. The van der Waals surface area contributed by atoms with Crippen molar-refractivity contribution in [2.24, 2.45) is 5.73 Å². The quantitative estimate of drug-likeness (QED) is 0.818. The first kappa shape index (κ1) is 18.5. The minimum absolute atomic E-state index is 0.324. The molecule has 138 valence electrons. The largest absolute Gasteiger partial charge is 0.382 e. The number of benzene rings is 2. The summed E-state index contributed by atoms with van der Waals surface area (Å²) in [5, 5.41) is 3.83. The fraction of sp³-hybridized carbons (Fsp3) is 0.350. The van der Waals surface area contributed by atoms with Crippen LogP contribution in [0.15, 0.2) is 48.5 Å². The Morgan fingerprint density at radius 2 is 1.81 bits per heavy atom. The third-order valence-electron chi connectivity index (χ3n) is 4.91. The number of amides is 1. The Kier molecular flexibility index (Phi) is 6.01. The molecule has 1 aliphatic heterocycles. The number of carbonyl (C=O) groups is 1. The van der Waals surface area contributed by atoms with Crippen LogP contribution in [-0.4, -0.2) is 49.6 Å². The SMILES string of the molecule is CC(CNc1c(Cl)cccc1C(N)=O)N1CCN(c2ccccc2)CC1. The van der Waals surface area contributed by atoms with E-state index in [1.54, 1.807) is 18.2 Å². The van der Waals surface area contributed by atoms with Gasteiger partial charge in [-0.1, -0.05) is 35.9 Å². The number of carbonyl (C=O) groups excluding carboxylic acids is 1. The minimum Gasteiger partial charge on any atom is -0.382 e. The van der Waals surface area contributed by atoms with Gasteiger partial charge in [-0.2, -0.15) is 0 Å². The van der Waals surface area contributed by atoms with Gasteiger partial charge in [-0.25, -0.2) is 0 Å². The summed E-state index contributed by atoms with van der Waals surface area (Å²) in [6.45, 7) is 6.91. The molecule has 0 bridgehead atoms. The number of nitrogens with two attached hydrogens (primary N) is 1. The highest BCUT2D eigenvalue weighted by molar-refractivity contribution is 6.34. The van der Waals surface area contributed by atoms with Gasteiger partial charge in [-0.3, -0.25) is 9.69 Å². The first-order chi connectivity index (χ1) is 12.6. The number of hydrogen-bond donors (Lipinski definition) is 2. The van der Waals surface area contributed by atoms with E-state index in [4.69, 9.17) is 17.3 Å². The van der Waals surface area contributed by atoms with Gasteiger partial charge < -0.3 is 16.0 Å². The van der Waals surface area contributed by atoms with Crippen molar-refractivity contribution in [3.63, 3.8) is 0 Å². The summed E-state index contributed by atoms with van der Waals surface area (Å²) < 4.78 is 0. The van der Waals surface area contributed by atoms with Crippen molar-refractivity contribution in [1.82, 2.24) is 4.90 Å². The molecule has 0 saturated carbocycles. The molecule has 3 N–H and O–H groups in total. The topological polar surface area (TPSA) is 61.6 Å². The summed E-state index contributed by atoms with van der Waals surface area (Å²) in [5.74, 6) is -0.473. The number of piperazine rings is 1. The zero-order chi connectivity index (χ0) is 18.5. The van der Waals surface area contributed by atoms with E-state index in [-0.39, 0.29) is 0 Å². The lowest BCUT2D eigenvalue weighted by Gasteiger charge is -2.39. The van der Waals surface area contributed by atoms with Crippen LogP contribution in [0.1, 0.15) is 17.3 Å². The van der Waals surface area contributed by atoms with E-state index < -0.39 is 5.91 Å². The molecule has 2 aromatic carbocycles. The second-order valence-electron chi connectivity index (χ2n) is 6.62. The summed E-state index contributed by atoms with van der Waals surface area (Å²) in [7, 11) is 0. The van der Waals surface area contributed by atoms with Gasteiger partial charge in [0.25, 0.3) is 5.91 Å². The van der Waals surface area contributed by atoms with Gasteiger partial charge in [0, 0.05) is 44.5 Å². The highest BCUT2D eigenvalue weighted by Gasteiger charge is 2.21. The van der Waals surface area contributed by atoms with E-state index in [2.05, 4.69) is 46.3 Å². The number of para-hydroxylation sites is 2. The van der Waals surface area contributed by atoms with Crippen LogP contribution in [0.3, 0.4) is 0 Å². The summed E-state index contributed by atoms with van der Waals surface area (Å²) in [6, 6.07) is 16.0. The zero-order valence-electron chi connectivity index (χ0n) is 15.0. The maximum Gasteiger partial charge on any atom is 0.250 e. The summed E-state index contributed by atoms with van der Waals surface area (Å²) in [4.78, 5) is 16.5. The fourth-order valence-electron chi connectivity index (χ4n) is 3.35. The van der Waals surface area contributed by atoms with E-state index in [0.29, 0.717) is 28.9 Å². The molecule has 3 rings (SSSR count). The molecule has 5 nitrogen and oxygen atoms in total. The highest BCUT2D eigenvalue weighted by Crippen LogP contribution is 2.26. The molecular formula is C20H25ClN4O. The Balaban J connectivity index is 1.56. The van der Waals surface area contributed by atoms with Crippen molar-refractivity contribution in [1.29, 1.82) is 0 Å². The third kappa shape index (κ3) is 4.29. The molecule has 1 amide bonds. The minimum atomic E-state index is -0.473. The predicted octanol–water partition coefficient (Wildman–Crippen LogP) is 3.06. The van der Waals surface area contributed by atoms with Crippen LogP contribution < -0.4 is 16.0 Å². The number of rotatable bonds is 6. The number of hydrogen-bond acceptors (Lipinski definition) is 4. The van der Waals surface area contributed by atoms with Gasteiger partial charge in [0.15, 0.2) is 0 Å².